The minimum absolute atomic E-state index is 0.133. The summed E-state index contributed by atoms with van der Waals surface area (Å²) in [4.78, 5) is 27.2. The Bertz CT molecular complexity index is 1270. The molecule has 1 N–H and O–H groups in total. The maximum atomic E-state index is 13.6. The van der Waals surface area contributed by atoms with Crippen LogP contribution in [0.2, 0.25) is 0 Å². The molecule has 1 saturated heterocycles. The average molecular weight is 453 g/mol. The number of aryl methyl sites for hydroxylation is 1. The first-order chi connectivity index (χ1) is 15.4. The van der Waals surface area contributed by atoms with Gasteiger partial charge in [0.05, 0.1) is 11.6 Å². The van der Waals surface area contributed by atoms with Gasteiger partial charge in [0.2, 0.25) is 5.13 Å². The number of Topliss-reactive ketones (excluding diaryl/α,β-unsaturated/α-hetero) is 1. The number of aromatic nitrogens is 2. The smallest absolute Gasteiger partial charge is 0.301 e. The van der Waals surface area contributed by atoms with Crippen LogP contribution < -0.4 is 14.4 Å². The summed E-state index contributed by atoms with van der Waals surface area (Å²) in [5.41, 5.74) is 0.594. The standard InChI is InChI=1S/C22H16FN3O5S/c1-11-24-25-22(32-11)26-18(12-2-5-14(23)6-3-12)17(20(28)21(26)29)19(27)13-4-7-15-16(10-13)31-9-8-30-15/h2-7,10,18,27H,8-9H2,1H3/b19-17+/t18-/m0/s1. The number of nitrogens with zero attached hydrogens (tertiary/aromatic N) is 3. The van der Waals surface area contributed by atoms with Crippen LogP contribution in [0.1, 0.15) is 22.2 Å². The Balaban J connectivity index is 1.69. The van der Waals surface area contributed by atoms with Crippen molar-refractivity contribution in [3.8, 4) is 11.5 Å². The first kappa shape index (κ1) is 20.1. The summed E-state index contributed by atoms with van der Waals surface area (Å²) in [5.74, 6) is -1.63. The second-order valence-electron chi connectivity index (χ2n) is 7.18. The van der Waals surface area contributed by atoms with Crippen LogP contribution >= 0.6 is 11.3 Å². The molecule has 8 nitrogen and oxygen atoms in total. The number of aliphatic hydroxyl groups is 1. The Hall–Kier alpha value is -3.79. The summed E-state index contributed by atoms with van der Waals surface area (Å²) in [6.45, 7) is 2.49. The van der Waals surface area contributed by atoms with Crippen molar-refractivity contribution in [2.24, 2.45) is 0 Å². The van der Waals surface area contributed by atoms with E-state index in [1.807, 2.05) is 0 Å². The highest BCUT2D eigenvalue weighted by Crippen LogP contribution is 2.43. The molecular weight excluding hydrogens is 437 g/mol. The van der Waals surface area contributed by atoms with E-state index in [1.54, 1.807) is 25.1 Å². The second-order valence-corrected chi connectivity index (χ2v) is 8.34. The molecule has 0 spiro atoms. The number of hydrogen-bond donors (Lipinski definition) is 1. The monoisotopic (exact) mass is 453 g/mol. The van der Waals surface area contributed by atoms with Gasteiger partial charge in [-0.05, 0) is 42.8 Å². The third-order valence-corrected chi connectivity index (χ3v) is 6.01. The third kappa shape index (κ3) is 3.28. The van der Waals surface area contributed by atoms with E-state index in [9.17, 15) is 19.1 Å². The van der Waals surface area contributed by atoms with Crippen LogP contribution in [0.15, 0.2) is 48.0 Å². The molecule has 2 aromatic carbocycles. The number of hydrogen-bond acceptors (Lipinski definition) is 8. The van der Waals surface area contributed by atoms with Gasteiger partial charge in [-0.1, -0.05) is 23.5 Å². The van der Waals surface area contributed by atoms with E-state index in [0.717, 1.165) is 11.3 Å². The lowest BCUT2D eigenvalue weighted by Gasteiger charge is -2.23. The number of carbonyl (C=O) groups is 2. The van der Waals surface area contributed by atoms with E-state index in [1.165, 1.54) is 29.2 Å². The number of ether oxygens (including phenoxy) is 2. The van der Waals surface area contributed by atoms with Crippen LogP contribution in [0.25, 0.3) is 5.76 Å². The summed E-state index contributed by atoms with van der Waals surface area (Å²) < 4.78 is 24.6. The zero-order valence-corrected chi connectivity index (χ0v) is 17.6. The SMILES string of the molecule is Cc1nnc(N2C(=O)C(=O)/C(=C(/O)c3ccc4c(c3)OCCO4)[C@@H]2c2ccc(F)cc2)s1. The van der Waals surface area contributed by atoms with Crippen LogP contribution in [0.4, 0.5) is 9.52 Å². The van der Waals surface area contributed by atoms with Gasteiger partial charge in [-0.3, -0.25) is 14.5 Å². The van der Waals surface area contributed by atoms with Crippen molar-refractivity contribution in [1.29, 1.82) is 0 Å². The highest BCUT2D eigenvalue weighted by atomic mass is 32.1. The molecule has 3 heterocycles. The van der Waals surface area contributed by atoms with E-state index in [0.29, 0.717) is 35.3 Å². The minimum atomic E-state index is -1.00. The average Bonchev–Trinajstić information content (AvgIpc) is 3.34. The lowest BCUT2D eigenvalue weighted by Crippen LogP contribution is -2.29. The molecule has 0 saturated carbocycles. The lowest BCUT2D eigenvalue weighted by molar-refractivity contribution is -0.132. The molecule has 1 atom stereocenters. The summed E-state index contributed by atoms with van der Waals surface area (Å²) in [6, 6.07) is 9.13. The molecule has 0 radical (unpaired) electrons. The Kier molecular flexibility index (Phi) is 4.86. The molecule has 0 unspecified atom stereocenters. The fourth-order valence-corrected chi connectivity index (χ4v) is 4.43. The van der Waals surface area contributed by atoms with Crippen molar-refractivity contribution in [2.75, 3.05) is 18.1 Å². The molecule has 2 aliphatic rings. The second kappa shape index (κ2) is 7.72. The van der Waals surface area contributed by atoms with Gasteiger partial charge >= 0.3 is 5.91 Å². The summed E-state index contributed by atoms with van der Waals surface area (Å²) in [6.07, 6.45) is 0. The third-order valence-electron chi connectivity index (χ3n) is 5.17. The number of halogens is 1. The molecule has 0 bridgehead atoms. The molecule has 2 aliphatic heterocycles. The molecule has 3 aromatic rings. The summed E-state index contributed by atoms with van der Waals surface area (Å²) in [5, 5.41) is 19.9. The van der Waals surface area contributed by atoms with Crippen molar-refractivity contribution >= 4 is 33.9 Å². The van der Waals surface area contributed by atoms with Crippen molar-refractivity contribution in [1.82, 2.24) is 10.2 Å². The highest BCUT2D eigenvalue weighted by molar-refractivity contribution is 7.15. The number of fused-ring (bicyclic) bond motifs is 1. The maximum Gasteiger partial charge on any atom is 0.301 e. The normalized spacial score (nSPS) is 19.4. The molecule has 0 aliphatic carbocycles. The van der Waals surface area contributed by atoms with Crippen molar-refractivity contribution < 1.29 is 28.6 Å². The van der Waals surface area contributed by atoms with Crippen LogP contribution in [-0.4, -0.2) is 40.2 Å². The van der Waals surface area contributed by atoms with Gasteiger partial charge in [0.15, 0.2) is 11.5 Å². The quantitative estimate of drug-likeness (QED) is 0.368. The molecule has 1 amide bonds. The molecule has 32 heavy (non-hydrogen) atoms. The van der Waals surface area contributed by atoms with Crippen LogP contribution in [0.5, 0.6) is 11.5 Å². The first-order valence-corrected chi connectivity index (χ1v) is 10.5. The van der Waals surface area contributed by atoms with Gasteiger partial charge in [0.25, 0.3) is 5.78 Å². The molecule has 1 fully saturated rings. The van der Waals surface area contributed by atoms with Crippen LogP contribution in [0, 0.1) is 12.7 Å². The number of carbonyl (C=O) groups excluding carboxylic acids is 2. The van der Waals surface area contributed by atoms with E-state index in [-0.39, 0.29) is 22.0 Å². The van der Waals surface area contributed by atoms with Gasteiger partial charge in [-0.25, -0.2) is 4.39 Å². The number of amides is 1. The van der Waals surface area contributed by atoms with Crippen LogP contribution in [-0.2, 0) is 9.59 Å². The highest BCUT2D eigenvalue weighted by Gasteiger charge is 2.48. The molecule has 10 heteroatoms. The number of rotatable bonds is 3. The number of ketones is 1. The van der Waals surface area contributed by atoms with E-state index >= 15 is 0 Å². The van der Waals surface area contributed by atoms with E-state index < -0.39 is 23.5 Å². The topological polar surface area (TPSA) is 102 Å². The fourth-order valence-electron chi connectivity index (χ4n) is 3.72. The fraction of sp³-hybridized carbons (Fsp3) is 0.182. The Morgan fingerprint density at radius 3 is 2.50 bits per heavy atom. The molecule has 162 valence electrons. The number of benzene rings is 2. The Morgan fingerprint density at radius 2 is 1.81 bits per heavy atom. The van der Waals surface area contributed by atoms with Gasteiger partial charge in [0.1, 0.15) is 29.8 Å². The van der Waals surface area contributed by atoms with Gasteiger partial charge < -0.3 is 14.6 Å². The largest absolute Gasteiger partial charge is 0.507 e. The number of anilines is 1. The van der Waals surface area contributed by atoms with Crippen molar-refractivity contribution in [3.63, 3.8) is 0 Å². The van der Waals surface area contributed by atoms with Crippen molar-refractivity contribution in [3.05, 3.63) is 70.0 Å². The van der Waals surface area contributed by atoms with Gasteiger partial charge in [-0.2, -0.15) is 0 Å². The zero-order chi connectivity index (χ0) is 22.4. The Morgan fingerprint density at radius 1 is 1.09 bits per heavy atom. The van der Waals surface area contributed by atoms with Crippen LogP contribution in [0.3, 0.4) is 0 Å². The predicted octanol–water partition coefficient (Wildman–Crippen LogP) is 3.38. The van der Waals surface area contributed by atoms with Gasteiger partial charge in [-0.15, -0.1) is 10.2 Å². The molecule has 1 aromatic heterocycles. The zero-order valence-electron chi connectivity index (χ0n) is 16.7. The molecular formula is C22H16FN3O5S. The maximum absolute atomic E-state index is 13.6. The summed E-state index contributed by atoms with van der Waals surface area (Å²) >= 11 is 1.14. The number of aliphatic hydroxyl groups excluding tert-OH is 1. The summed E-state index contributed by atoms with van der Waals surface area (Å²) in [7, 11) is 0. The van der Waals surface area contributed by atoms with Crippen molar-refractivity contribution in [2.45, 2.75) is 13.0 Å². The predicted molar refractivity (Wildman–Crippen MR) is 113 cm³/mol. The lowest BCUT2D eigenvalue weighted by atomic mass is 9.95. The van der Waals surface area contributed by atoms with Gasteiger partial charge in [0, 0.05) is 5.56 Å². The van der Waals surface area contributed by atoms with E-state index in [4.69, 9.17) is 9.47 Å². The van der Waals surface area contributed by atoms with E-state index in [2.05, 4.69) is 10.2 Å². The first-order valence-electron chi connectivity index (χ1n) is 9.70. The minimum Gasteiger partial charge on any atom is -0.507 e. The molecule has 5 rings (SSSR count). The Labute approximate surface area is 185 Å².